The number of benzene rings is 1. The standard InChI is InChI=1S/C19H20N2O5S/c1-25-16-4-3-12(9-17(16)26-2)15-10-14(13-7-8-27-11-13)20-21(15)18(22)5-6-19(23)24/h3-4,7-9,11,15H,5-6,10H2,1-2H3,(H,23,24). The SMILES string of the molecule is COc1ccc(C2CC(c3ccsc3)=NN2C(=O)CCC(=O)O)cc1OC. The summed E-state index contributed by atoms with van der Waals surface area (Å²) >= 11 is 1.56. The van der Waals surface area contributed by atoms with Gasteiger partial charge in [-0.3, -0.25) is 9.59 Å². The molecule has 2 aromatic rings. The maximum absolute atomic E-state index is 12.6. The molecule has 142 valence electrons. The zero-order chi connectivity index (χ0) is 19.4. The second kappa shape index (κ2) is 8.22. The fourth-order valence-electron chi connectivity index (χ4n) is 2.99. The van der Waals surface area contributed by atoms with Gasteiger partial charge in [-0.25, -0.2) is 5.01 Å². The molecule has 1 N–H and O–H groups in total. The summed E-state index contributed by atoms with van der Waals surface area (Å²) in [5, 5.41) is 18.7. The van der Waals surface area contributed by atoms with Gasteiger partial charge < -0.3 is 14.6 Å². The quantitative estimate of drug-likeness (QED) is 0.786. The highest BCUT2D eigenvalue weighted by atomic mass is 32.1. The molecule has 1 aliphatic rings. The van der Waals surface area contributed by atoms with E-state index >= 15 is 0 Å². The second-order valence-electron chi connectivity index (χ2n) is 6.03. The number of methoxy groups -OCH3 is 2. The van der Waals surface area contributed by atoms with Gasteiger partial charge in [-0.1, -0.05) is 6.07 Å². The van der Waals surface area contributed by atoms with E-state index in [-0.39, 0.29) is 24.8 Å². The maximum atomic E-state index is 12.6. The van der Waals surface area contributed by atoms with Crippen LogP contribution in [-0.2, 0) is 9.59 Å². The van der Waals surface area contributed by atoms with Crippen LogP contribution >= 0.6 is 11.3 Å². The van der Waals surface area contributed by atoms with E-state index in [1.165, 1.54) is 5.01 Å². The van der Waals surface area contributed by atoms with Crippen molar-refractivity contribution in [2.45, 2.75) is 25.3 Å². The Balaban J connectivity index is 1.92. The van der Waals surface area contributed by atoms with Crippen LogP contribution in [0.5, 0.6) is 11.5 Å². The number of hydrogen-bond donors (Lipinski definition) is 1. The number of amides is 1. The monoisotopic (exact) mass is 388 g/mol. The first-order chi connectivity index (χ1) is 13.0. The largest absolute Gasteiger partial charge is 0.493 e. The van der Waals surface area contributed by atoms with Crippen molar-refractivity contribution in [3.05, 3.63) is 46.2 Å². The molecule has 7 nitrogen and oxygen atoms in total. The lowest BCUT2D eigenvalue weighted by molar-refractivity contribution is -0.141. The van der Waals surface area contributed by atoms with Crippen LogP contribution in [0.1, 0.15) is 36.4 Å². The molecule has 1 aromatic heterocycles. The summed E-state index contributed by atoms with van der Waals surface area (Å²) in [5.74, 6) is -0.159. The van der Waals surface area contributed by atoms with Gasteiger partial charge in [0.05, 0.1) is 32.4 Å². The molecule has 0 spiro atoms. The predicted octanol–water partition coefficient (Wildman–Crippen LogP) is 3.31. The van der Waals surface area contributed by atoms with Gasteiger partial charge in [0.2, 0.25) is 5.91 Å². The summed E-state index contributed by atoms with van der Waals surface area (Å²) in [4.78, 5) is 23.5. The van der Waals surface area contributed by atoms with Crippen LogP contribution < -0.4 is 9.47 Å². The molecule has 1 atom stereocenters. The Bertz CT molecular complexity index is 863. The van der Waals surface area contributed by atoms with Gasteiger partial charge in [-0.05, 0) is 34.5 Å². The fraction of sp³-hybridized carbons (Fsp3) is 0.316. The number of hydrogen-bond acceptors (Lipinski definition) is 6. The van der Waals surface area contributed by atoms with Crippen LogP contribution in [0.3, 0.4) is 0 Å². The molecular weight excluding hydrogens is 368 g/mol. The zero-order valence-corrected chi connectivity index (χ0v) is 15.9. The van der Waals surface area contributed by atoms with Crippen molar-refractivity contribution in [2.24, 2.45) is 5.10 Å². The van der Waals surface area contributed by atoms with Gasteiger partial charge >= 0.3 is 5.97 Å². The van der Waals surface area contributed by atoms with Gasteiger partial charge in [-0.15, -0.1) is 0 Å². The molecule has 1 aliphatic heterocycles. The molecular formula is C19H20N2O5S. The lowest BCUT2D eigenvalue weighted by Crippen LogP contribution is -2.27. The molecule has 0 aliphatic carbocycles. The van der Waals surface area contributed by atoms with Crippen molar-refractivity contribution >= 4 is 28.9 Å². The molecule has 8 heteroatoms. The number of rotatable bonds is 7. The van der Waals surface area contributed by atoms with Crippen LogP contribution in [0.2, 0.25) is 0 Å². The zero-order valence-electron chi connectivity index (χ0n) is 15.0. The molecule has 0 fully saturated rings. The Hall–Kier alpha value is -2.87. The number of carbonyl (C=O) groups is 2. The Labute approximate surface area is 160 Å². The van der Waals surface area contributed by atoms with Crippen molar-refractivity contribution in [3.63, 3.8) is 0 Å². The van der Waals surface area contributed by atoms with Crippen molar-refractivity contribution in [3.8, 4) is 11.5 Å². The predicted molar refractivity (Wildman–Crippen MR) is 101 cm³/mol. The van der Waals surface area contributed by atoms with Gasteiger partial charge in [0, 0.05) is 18.4 Å². The Morgan fingerprint density at radius 1 is 1.22 bits per heavy atom. The highest BCUT2D eigenvalue weighted by Gasteiger charge is 2.33. The topological polar surface area (TPSA) is 88.4 Å². The van der Waals surface area contributed by atoms with E-state index in [1.54, 1.807) is 31.6 Å². The Morgan fingerprint density at radius 3 is 2.63 bits per heavy atom. The number of hydrazone groups is 1. The van der Waals surface area contributed by atoms with E-state index in [4.69, 9.17) is 14.6 Å². The lowest BCUT2D eigenvalue weighted by Gasteiger charge is -2.22. The minimum Gasteiger partial charge on any atom is -0.493 e. The number of carbonyl (C=O) groups excluding carboxylic acids is 1. The van der Waals surface area contributed by atoms with Gasteiger partial charge in [0.1, 0.15) is 0 Å². The van der Waals surface area contributed by atoms with Crippen molar-refractivity contribution in [1.29, 1.82) is 0 Å². The number of thiophene rings is 1. The van der Waals surface area contributed by atoms with E-state index in [0.29, 0.717) is 17.9 Å². The van der Waals surface area contributed by atoms with Crippen molar-refractivity contribution in [1.82, 2.24) is 5.01 Å². The third-order valence-electron chi connectivity index (χ3n) is 4.37. The average molecular weight is 388 g/mol. The smallest absolute Gasteiger partial charge is 0.303 e. The fourth-order valence-corrected chi connectivity index (χ4v) is 3.66. The summed E-state index contributed by atoms with van der Waals surface area (Å²) in [7, 11) is 3.12. The summed E-state index contributed by atoms with van der Waals surface area (Å²) in [6.07, 6.45) is 0.224. The average Bonchev–Trinajstić information content (AvgIpc) is 3.35. The van der Waals surface area contributed by atoms with E-state index in [9.17, 15) is 9.59 Å². The highest BCUT2D eigenvalue weighted by Crippen LogP contribution is 2.37. The molecule has 1 aromatic carbocycles. The van der Waals surface area contributed by atoms with Crippen LogP contribution in [0.15, 0.2) is 40.1 Å². The first kappa shape index (κ1) is 18.9. The highest BCUT2D eigenvalue weighted by molar-refractivity contribution is 7.08. The van der Waals surface area contributed by atoms with Gasteiger partial charge in [0.25, 0.3) is 0 Å². The Morgan fingerprint density at radius 2 is 2.00 bits per heavy atom. The first-order valence-electron chi connectivity index (χ1n) is 8.39. The van der Waals surface area contributed by atoms with Gasteiger partial charge in [0.15, 0.2) is 11.5 Å². The molecule has 3 rings (SSSR count). The minimum atomic E-state index is -1.01. The van der Waals surface area contributed by atoms with E-state index in [2.05, 4.69) is 5.10 Å². The van der Waals surface area contributed by atoms with E-state index in [1.807, 2.05) is 29.0 Å². The molecule has 27 heavy (non-hydrogen) atoms. The molecule has 0 saturated heterocycles. The Kier molecular flexibility index (Phi) is 5.75. The third-order valence-corrected chi connectivity index (χ3v) is 5.05. The van der Waals surface area contributed by atoms with Crippen molar-refractivity contribution in [2.75, 3.05) is 14.2 Å². The normalized spacial score (nSPS) is 16.1. The van der Waals surface area contributed by atoms with Crippen LogP contribution in [0.25, 0.3) is 0 Å². The molecule has 0 radical (unpaired) electrons. The van der Waals surface area contributed by atoms with E-state index in [0.717, 1.165) is 16.8 Å². The van der Waals surface area contributed by atoms with Crippen LogP contribution in [-0.4, -0.2) is 41.9 Å². The third kappa shape index (κ3) is 4.11. The second-order valence-corrected chi connectivity index (χ2v) is 6.81. The van der Waals surface area contributed by atoms with Crippen molar-refractivity contribution < 1.29 is 24.2 Å². The van der Waals surface area contributed by atoms with E-state index < -0.39 is 5.97 Å². The molecule has 0 saturated carbocycles. The number of aliphatic carboxylic acids is 1. The van der Waals surface area contributed by atoms with Crippen LogP contribution in [0, 0.1) is 0 Å². The summed E-state index contributed by atoms with van der Waals surface area (Å²) in [6, 6.07) is 7.13. The lowest BCUT2D eigenvalue weighted by atomic mass is 9.99. The molecule has 1 amide bonds. The first-order valence-corrected chi connectivity index (χ1v) is 9.33. The minimum absolute atomic E-state index is 0.0977. The number of ether oxygens (including phenoxy) is 2. The van der Waals surface area contributed by atoms with Gasteiger partial charge in [-0.2, -0.15) is 16.4 Å². The number of carboxylic acids is 1. The molecule has 1 unspecified atom stereocenters. The number of carboxylic acid groups (broad SMARTS) is 1. The summed E-state index contributed by atoms with van der Waals surface area (Å²) in [6.45, 7) is 0. The molecule has 2 heterocycles. The molecule has 0 bridgehead atoms. The summed E-state index contributed by atoms with van der Waals surface area (Å²) in [5.41, 5.74) is 2.63. The number of nitrogens with zero attached hydrogens (tertiary/aromatic N) is 2. The maximum Gasteiger partial charge on any atom is 0.303 e. The van der Waals surface area contributed by atoms with Crippen LogP contribution in [0.4, 0.5) is 0 Å². The summed E-state index contributed by atoms with van der Waals surface area (Å²) < 4.78 is 10.6.